The smallest absolute Gasteiger partial charge is 0.227 e. The van der Waals surface area contributed by atoms with Gasteiger partial charge >= 0.3 is 0 Å². The summed E-state index contributed by atoms with van der Waals surface area (Å²) in [5.74, 6) is -0.263. The molecule has 0 radical (unpaired) electrons. The summed E-state index contributed by atoms with van der Waals surface area (Å²) in [4.78, 5) is 26.3. The van der Waals surface area contributed by atoms with E-state index in [1.54, 1.807) is 23.1 Å². The number of benzene rings is 1. The van der Waals surface area contributed by atoms with Crippen LogP contribution in [0.2, 0.25) is 0 Å². The lowest BCUT2D eigenvalue weighted by Crippen LogP contribution is -2.42. The second-order valence-electron chi connectivity index (χ2n) is 5.80. The van der Waals surface area contributed by atoms with E-state index in [4.69, 9.17) is 4.74 Å². The molecular weight excluding hydrogens is 329 g/mol. The van der Waals surface area contributed by atoms with Crippen molar-refractivity contribution in [2.24, 2.45) is 0 Å². The molecule has 1 aromatic heterocycles. The average Bonchev–Trinajstić information content (AvgIpc) is 3.04. The van der Waals surface area contributed by atoms with Crippen molar-refractivity contribution < 1.29 is 18.7 Å². The number of thiophene rings is 1. The van der Waals surface area contributed by atoms with Crippen LogP contribution in [-0.2, 0) is 16.0 Å². The fourth-order valence-electron chi connectivity index (χ4n) is 2.69. The fraction of sp³-hybridized carbons (Fsp3) is 0.333. The lowest BCUT2D eigenvalue weighted by Gasteiger charge is -2.33. The molecule has 4 nitrogen and oxygen atoms in total. The third-order valence-corrected chi connectivity index (χ3v) is 5.10. The van der Waals surface area contributed by atoms with Gasteiger partial charge < -0.3 is 9.64 Å². The maximum atomic E-state index is 13.0. The lowest BCUT2D eigenvalue weighted by atomic mass is 10.1. The number of hydrogen-bond acceptors (Lipinski definition) is 4. The van der Waals surface area contributed by atoms with Gasteiger partial charge in [-0.3, -0.25) is 9.59 Å². The molecule has 0 aliphatic carbocycles. The van der Waals surface area contributed by atoms with Crippen molar-refractivity contribution in [1.82, 2.24) is 4.90 Å². The zero-order chi connectivity index (χ0) is 17.1. The molecule has 0 saturated carbocycles. The topological polar surface area (TPSA) is 46.6 Å². The molecule has 1 amide bonds. The first-order valence-electron chi connectivity index (χ1n) is 7.76. The third kappa shape index (κ3) is 3.88. The van der Waals surface area contributed by atoms with Crippen molar-refractivity contribution in [1.29, 1.82) is 0 Å². The highest BCUT2D eigenvalue weighted by molar-refractivity contribution is 7.12. The van der Waals surface area contributed by atoms with Crippen molar-refractivity contribution in [3.8, 4) is 0 Å². The van der Waals surface area contributed by atoms with Gasteiger partial charge in [0.15, 0.2) is 5.78 Å². The second-order valence-corrected chi connectivity index (χ2v) is 6.71. The zero-order valence-electron chi connectivity index (χ0n) is 13.3. The van der Waals surface area contributed by atoms with Gasteiger partial charge in [-0.1, -0.05) is 12.1 Å². The van der Waals surface area contributed by atoms with Crippen molar-refractivity contribution in [2.75, 3.05) is 19.7 Å². The Hall–Kier alpha value is -2.05. The largest absolute Gasteiger partial charge is 0.370 e. The number of halogens is 1. The predicted octanol–water partition coefficient (Wildman–Crippen LogP) is 3.23. The Morgan fingerprint density at radius 1 is 1.33 bits per heavy atom. The van der Waals surface area contributed by atoms with Crippen LogP contribution < -0.4 is 0 Å². The molecule has 1 aliphatic heterocycles. The highest BCUT2D eigenvalue weighted by Crippen LogP contribution is 2.23. The molecule has 2 heterocycles. The summed E-state index contributed by atoms with van der Waals surface area (Å²) in [7, 11) is 0. The number of morpholine rings is 1. The number of amides is 1. The molecule has 1 aliphatic rings. The Morgan fingerprint density at radius 3 is 2.75 bits per heavy atom. The quantitative estimate of drug-likeness (QED) is 0.798. The minimum absolute atomic E-state index is 0.0123. The number of rotatable bonds is 4. The van der Waals surface area contributed by atoms with Crippen LogP contribution >= 0.6 is 11.3 Å². The van der Waals surface area contributed by atoms with Crippen LogP contribution in [0.4, 0.5) is 4.39 Å². The molecule has 1 saturated heterocycles. The SMILES string of the molecule is CC(=O)c1cc(CC(=O)N2CCO[C@@H](c3ccc(F)cc3)C2)cs1. The van der Waals surface area contributed by atoms with Crippen molar-refractivity contribution >= 4 is 23.0 Å². The first-order chi connectivity index (χ1) is 11.5. The molecule has 24 heavy (non-hydrogen) atoms. The molecule has 0 bridgehead atoms. The van der Waals surface area contributed by atoms with Gasteiger partial charge in [0, 0.05) is 6.54 Å². The molecule has 126 valence electrons. The summed E-state index contributed by atoms with van der Waals surface area (Å²) >= 11 is 1.36. The molecule has 1 aromatic carbocycles. The highest BCUT2D eigenvalue weighted by atomic mass is 32.1. The number of Topliss-reactive ketones (excluding diaryl/α,β-unsaturated/α-hetero) is 1. The summed E-state index contributed by atoms with van der Waals surface area (Å²) < 4.78 is 18.7. The van der Waals surface area contributed by atoms with E-state index in [0.717, 1.165) is 11.1 Å². The van der Waals surface area contributed by atoms with Crippen molar-refractivity contribution in [3.05, 3.63) is 57.5 Å². The summed E-state index contributed by atoms with van der Waals surface area (Å²) in [6, 6.07) is 7.95. The Morgan fingerprint density at radius 2 is 2.08 bits per heavy atom. The van der Waals surface area contributed by atoms with Crippen LogP contribution in [0.25, 0.3) is 0 Å². The number of ketones is 1. The van der Waals surface area contributed by atoms with E-state index in [-0.39, 0.29) is 30.0 Å². The molecule has 0 N–H and O–H groups in total. The molecule has 0 spiro atoms. The second kappa shape index (κ2) is 7.23. The van der Waals surface area contributed by atoms with Crippen LogP contribution in [0, 0.1) is 5.82 Å². The van der Waals surface area contributed by atoms with E-state index < -0.39 is 0 Å². The Balaban J connectivity index is 1.64. The Bertz CT molecular complexity index is 741. The first-order valence-corrected chi connectivity index (χ1v) is 8.64. The number of carbonyl (C=O) groups is 2. The maximum Gasteiger partial charge on any atom is 0.227 e. The van der Waals surface area contributed by atoms with Crippen molar-refractivity contribution in [3.63, 3.8) is 0 Å². The molecular formula is C18H18FNO3S. The van der Waals surface area contributed by atoms with E-state index in [2.05, 4.69) is 0 Å². The predicted molar refractivity (Wildman–Crippen MR) is 89.7 cm³/mol. The van der Waals surface area contributed by atoms with E-state index in [9.17, 15) is 14.0 Å². The van der Waals surface area contributed by atoms with Crippen molar-refractivity contribution in [2.45, 2.75) is 19.4 Å². The van der Waals surface area contributed by atoms with Crippen LogP contribution in [0.15, 0.2) is 35.7 Å². The van der Waals surface area contributed by atoms with Gasteiger partial charge in [-0.15, -0.1) is 11.3 Å². The number of carbonyl (C=O) groups excluding carboxylic acids is 2. The van der Waals surface area contributed by atoms with Crippen LogP contribution in [0.1, 0.15) is 33.8 Å². The Labute approximate surface area is 143 Å². The Kier molecular flexibility index (Phi) is 5.06. The molecule has 2 aromatic rings. The van der Waals surface area contributed by atoms with Gasteiger partial charge in [0.2, 0.25) is 5.91 Å². The van der Waals surface area contributed by atoms with Crippen LogP contribution in [0.5, 0.6) is 0 Å². The number of ether oxygens (including phenoxy) is 1. The summed E-state index contributed by atoms with van der Waals surface area (Å²) in [5, 5.41) is 1.85. The molecule has 0 unspecified atom stereocenters. The summed E-state index contributed by atoms with van der Waals surface area (Å²) in [5.41, 5.74) is 1.73. The van der Waals surface area contributed by atoms with Crippen LogP contribution in [0.3, 0.4) is 0 Å². The normalized spacial score (nSPS) is 17.8. The molecule has 3 rings (SSSR count). The fourth-order valence-corrected chi connectivity index (χ4v) is 3.51. The number of nitrogens with zero attached hydrogens (tertiary/aromatic N) is 1. The maximum absolute atomic E-state index is 13.0. The highest BCUT2D eigenvalue weighted by Gasteiger charge is 2.25. The van der Waals surface area contributed by atoms with E-state index in [1.807, 2.05) is 5.38 Å². The summed E-state index contributed by atoms with van der Waals surface area (Å²) in [6.07, 6.45) is 0.0402. The minimum atomic E-state index is -0.291. The lowest BCUT2D eigenvalue weighted by molar-refractivity contribution is -0.138. The van der Waals surface area contributed by atoms with Crippen LogP contribution in [-0.4, -0.2) is 36.3 Å². The molecule has 1 atom stereocenters. The standard InChI is InChI=1S/C18H18FNO3S/c1-12(21)17-8-13(11-24-17)9-18(22)20-6-7-23-16(10-20)14-2-4-15(19)5-3-14/h2-5,8,11,16H,6-7,9-10H2,1H3/t16-/m1/s1. The van der Waals surface area contributed by atoms with Gasteiger partial charge in [-0.25, -0.2) is 4.39 Å². The van der Waals surface area contributed by atoms with Gasteiger partial charge in [-0.2, -0.15) is 0 Å². The monoisotopic (exact) mass is 347 g/mol. The number of hydrogen-bond donors (Lipinski definition) is 0. The van der Waals surface area contributed by atoms with E-state index >= 15 is 0 Å². The molecule has 1 fully saturated rings. The average molecular weight is 347 g/mol. The van der Waals surface area contributed by atoms with E-state index in [1.165, 1.54) is 30.4 Å². The summed E-state index contributed by atoms with van der Waals surface area (Å²) in [6.45, 7) is 2.97. The minimum Gasteiger partial charge on any atom is -0.370 e. The zero-order valence-corrected chi connectivity index (χ0v) is 14.1. The third-order valence-electron chi connectivity index (χ3n) is 4.02. The van der Waals surface area contributed by atoms with Gasteiger partial charge in [0.05, 0.1) is 24.4 Å². The van der Waals surface area contributed by atoms with Gasteiger partial charge in [0.25, 0.3) is 0 Å². The van der Waals surface area contributed by atoms with Gasteiger partial charge in [-0.05, 0) is 41.6 Å². The van der Waals surface area contributed by atoms with E-state index in [0.29, 0.717) is 24.6 Å². The first kappa shape index (κ1) is 16.8. The molecule has 6 heteroatoms. The van der Waals surface area contributed by atoms with Gasteiger partial charge in [0.1, 0.15) is 11.9 Å².